The molecule has 0 radical (unpaired) electrons. The predicted octanol–water partition coefficient (Wildman–Crippen LogP) is 0.994. The number of nitrogens with one attached hydrogen (secondary N) is 1. The first kappa shape index (κ1) is 8.52. The number of rotatable bonds is 2. The molecule has 2 amide bonds. The predicted molar refractivity (Wildman–Crippen MR) is 42.8 cm³/mol. The number of primary amides is 1. The Hall–Kier alpha value is -1.58. The Morgan fingerprint density at radius 2 is 2.33 bits per heavy atom. The summed E-state index contributed by atoms with van der Waals surface area (Å²) in [5.74, 6) is -0.321. The maximum atomic E-state index is 12.5. The fourth-order valence-corrected chi connectivity index (χ4v) is 0.836. The maximum Gasteiger partial charge on any atom is 0.312 e. The van der Waals surface area contributed by atoms with E-state index < -0.39 is 6.03 Å². The van der Waals surface area contributed by atoms with Crippen LogP contribution in [0.5, 0.6) is 0 Å². The van der Waals surface area contributed by atoms with Crippen LogP contribution in [0.2, 0.25) is 0 Å². The molecule has 0 aliphatic rings. The van der Waals surface area contributed by atoms with Gasteiger partial charge in [0.2, 0.25) is 0 Å². The van der Waals surface area contributed by atoms with Crippen molar-refractivity contribution in [1.82, 2.24) is 5.32 Å². The Balaban J connectivity index is 2.57. The van der Waals surface area contributed by atoms with Crippen molar-refractivity contribution in [1.29, 1.82) is 0 Å². The van der Waals surface area contributed by atoms with Gasteiger partial charge in [0.05, 0.1) is 0 Å². The number of urea groups is 1. The van der Waals surface area contributed by atoms with E-state index in [0.29, 0.717) is 5.56 Å². The molecule has 0 bridgehead atoms. The number of benzene rings is 1. The summed E-state index contributed by atoms with van der Waals surface area (Å²) in [5, 5.41) is 2.36. The second kappa shape index (κ2) is 3.71. The highest BCUT2D eigenvalue weighted by Crippen LogP contribution is 2.02. The minimum Gasteiger partial charge on any atom is -0.352 e. The molecular weight excluding hydrogens is 159 g/mol. The highest BCUT2D eigenvalue weighted by atomic mass is 19.1. The van der Waals surface area contributed by atoms with E-state index in [4.69, 9.17) is 5.73 Å². The van der Waals surface area contributed by atoms with Crippen LogP contribution in [0.3, 0.4) is 0 Å². The van der Waals surface area contributed by atoms with Gasteiger partial charge in [0, 0.05) is 6.54 Å². The molecule has 0 atom stereocenters. The van der Waals surface area contributed by atoms with Gasteiger partial charge in [-0.1, -0.05) is 12.1 Å². The normalized spacial score (nSPS) is 9.42. The van der Waals surface area contributed by atoms with Crippen LogP contribution in [0.1, 0.15) is 5.56 Å². The number of nitrogens with two attached hydrogens (primary N) is 1. The van der Waals surface area contributed by atoms with Crippen LogP contribution < -0.4 is 11.1 Å². The summed E-state index contributed by atoms with van der Waals surface area (Å²) in [4.78, 5) is 10.3. The van der Waals surface area contributed by atoms with Crippen molar-refractivity contribution in [3.8, 4) is 0 Å². The number of amides is 2. The zero-order valence-corrected chi connectivity index (χ0v) is 6.38. The molecule has 0 aliphatic carbocycles. The second-order valence-electron chi connectivity index (χ2n) is 2.35. The average molecular weight is 168 g/mol. The summed E-state index contributed by atoms with van der Waals surface area (Å²) in [7, 11) is 0. The quantitative estimate of drug-likeness (QED) is 0.679. The van der Waals surface area contributed by atoms with E-state index in [1.807, 2.05) is 0 Å². The SMILES string of the molecule is NC(=O)NCc1cccc(F)c1. The number of halogens is 1. The summed E-state index contributed by atoms with van der Waals surface area (Å²) in [6.45, 7) is 0.257. The minimum atomic E-state index is -0.612. The average Bonchev–Trinajstić information content (AvgIpc) is 2.01. The topological polar surface area (TPSA) is 55.1 Å². The lowest BCUT2D eigenvalue weighted by molar-refractivity contribution is 0.248. The Bertz CT molecular complexity index is 288. The van der Waals surface area contributed by atoms with E-state index in [-0.39, 0.29) is 12.4 Å². The van der Waals surface area contributed by atoms with Gasteiger partial charge in [-0.3, -0.25) is 0 Å². The van der Waals surface area contributed by atoms with Gasteiger partial charge in [-0.15, -0.1) is 0 Å². The Kier molecular flexibility index (Phi) is 2.63. The molecule has 4 heteroatoms. The first-order chi connectivity index (χ1) is 5.68. The molecule has 1 aromatic rings. The van der Waals surface area contributed by atoms with Gasteiger partial charge in [0.1, 0.15) is 5.82 Å². The fourth-order valence-electron chi connectivity index (χ4n) is 0.836. The van der Waals surface area contributed by atoms with E-state index in [0.717, 1.165) is 0 Å². The Morgan fingerprint density at radius 3 is 2.92 bits per heavy atom. The second-order valence-corrected chi connectivity index (χ2v) is 2.35. The van der Waals surface area contributed by atoms with Gasteiger partial charge in [0.25, 0.3) is 0 Å². The van der Waals surface area contributed by atoms with Crippen molar-refractivity contribution < 1.29 is 9.18 Å². The fraction of sp³-hybridized carbons (Fsp3) is 0.125. The third-order valence-corrected chi connectivity index (χ3v) is 1.36. The van der Waals surface area contributed by atoms with Crippen LogP contribution in [0.25, 0.3) is 0 Å². The molecule has 0 spiro atoms. The molecule has 0 unspecified atom stereocenters. The highest BCUT2D eigenvalue weighted by Gasteiger charge is 1.95. The van der Waals surface area contributed by atoms with Crippen molar-refractivity contribution >= 4 is 6.03 Å². The summed E-state index contributed by atoms with van der Waals surface area (Å²) in [6.07, 6.45) is 0. The van der Waals surface area contributed by atoms with Crippen molar-refractivity contribution in [2.45, 2.75) is 6.54 Å². The van der Waals surface area contributed by atoms with Gasteiger partial charge < -0.3 is 11.1 Å². The van der Waals surface area contributed by atoms with Crippen molar-refractivity contribution in [2.75, 3.05) is 0 Å². The molecule has 0 saturated heterocycles. The number of carbonyl (C=O) groups excluding carboxylic acids is 1. The van der Waals surface area contributed by atoms with Gasteiger partial charge in [0.15, 0.2) is 0 Å². The van der Waals surface area contributed by atoms with E-state index in [9.17, 15) is 9.18 Å². The zero-order valence-electron chi connectivity index (χ0n) is 6.38. The summed E-state index contributed by atoms with van der Waals surface area (Å²) < 4.78 is 12.5. The summed E-state index contributed by atoms with van der Waals surface area (Å²) in [5.41, 5.74) is 5.52. The third kappa shape index (κ3) is 2.57. The van der Waals surface area contributed by atoms with E-state index in [1.54, 1.807) is 12.1 Å². The molecule has 0 heterocycles. The first-order valence-electron chi connectivity index (χ1n) is 3.46. The summed E-state index contributed by atoms with van der Waals surface area (Å²) in [6, 6.07) is 5.36. The van der Waals surface area contributed by atoms with Crippen LogP contribution in [0, 0.1) is 5.82 Å². The van der Waals surface area contributed by atoms with E-state index in [1.165, 1.54) is 12.1 Å². The molecule has 0 fully saturated rings. The molecule has 3 nitrogen and oxygen atoms in total. The first-order valence-corrected chi connectivity index (χ1v) is 3.46. The lowest BCUT2D eigenvalue weighted by Crippen LogP contribution is -2.28. The monoisotopic (exact) mass is 168 g/mol. The van der Waals surface area contributed by atoms with Crippen LogP contribution in [-0.2, 0) is 6.54 Å². The number of carbonyl (C=O) groups is 1. The van der Waals surface area contributed by atoms with Gasteiger partial charge in [-0.25, -0.2) is 9.18 Å². The van der Waals surface area contributed by atoms with Crippen LogP contribution in [0.4, 0.5) is 9.18 Å². The van der Waals surface area contributed by atoms with Crippen LogP contribution in [-0.4, -0.2) is 6.03 Å². The lowest BCUT2D eigenvalue weighted by atomic mass is 10.2. The largest absolute Gasteiger partial charge is 0.352 e. The van der Waals surface area contributed by atoms with Gasteiger partial charge in [-0.05, 0) is 17.7 Å². The number of hydrogen-bond donors (Lipinski definition) is 2. The molecule has 1 rings (SSSR count). The van der Waals surface area contributed by atoms with Crippen LogP contribution >= 0.6 is 0 Å². The Labute approximate surface area is 69.4 Å². The van der Waals surface area contributed by atoms with Crippen molar-refractivity contribution in [2.24, 2.45) is 5.73 Å². The smallest absolute Gasteiger partial charge is 0.312 e. The minimum absolute atomic E-state index is 0.257. The van der Waals surface area contributed by atoms with Gasteiger partial charge >= 0.3 is 6.03 Å². The van der Waals surface area contributed by atoms with Crippen molar-refractivity contribution in [3.05, 3.63) is 35.6 Å². The number of hydrogen-bond acceptors (Lipinski definition) is 1. The zero-order chi connectivity index (χ0) is 8.97. The molecule has 64 valence electrons. The van der Waals surface area contributed by atoms with E-state index >= 15 is 0 Å². The molecule has 12 heavy (non-hydrogen) atoms. The van der Waals surface area contributed by atoms with Crippen LogP contribution in [0.15, 0.2) is 24.3 Å². The molecule has 0 aliphatic heterocycles. The molecular formula is C8H9FN2O. The molecule has 0 aromatic heterocycles. The molecule has 0 saturated carbocycles. The standard InChI is InChI=1S/C8H9FN2O/c9-7-3-1-2-6(4-7)5-11-8(10)12/h1-4H,5H2,(H3,10,11,12). The lowest BCUT2D eigenvalue weighted by Gasteiger charge is -2.00. The van der Waals surface area contributed by atoms with E-state index in [2.05, 4.69) is 5.32 Å². The highest BCUT2D eigenvalue weighted by molar-refractivity contribution is 5.71. The maximum absolute atomic E-state index is 12.5. The third-order valence-electron chi connectivity index (χ3n) is 1.36. The molecule has 3 N–H and O–H groups in total. The summed E-state index contributed by atoms with van der Waals surface area (Å²) >= 11 is 0. The van der Waals surface area contributed by atoms with Crippen molar-refractivity contribution in [3.63, 3.8) is 0 Å². The Morgan fingerprint density at radius 1 is 1.58 bits per heavy atom. The van der Waals surface area contributed by atoms with Gasteiger partial charge in [-0.2, -0.15) is 0 Å². The molecule has 1 aromatic carbocycles.